The Morgan fingerprint density at radius 2 is 0.862 bits per heavy atom. The minimum absolute atomic E-state index is 0.0504. The standard InChI is InChI=1S/C59H103NO5/c1-4-7-10-13-16-19-22-25-27-28-29-30-31-34-37-40-43-46-49-52-59(64)65-55(50-47-44-41-38-35-33-26-23-20-17-14-11-8-5-2)53-58(63)60-56(54-61)57(62)51-48-45-42-39-36-32-24-21-18-15-12-9-6-3/h8,11,16-17,19-20,25-27,33,38,41,47,50,55-57,61-62H,4-7,9-10,12-15,18,21-24,28-32,34-37,39-40,42-46,48-49,51-54H2,1-3H3,(H,60,63)/b11-8+,19-16-,20-17+,27-25-,33-26+,41-38+,50-47+. The zero-order chi connectivity index (χ0) is 47.4. The number of aliphatic hydroxyl groups is 2. The van der Waals surface area contributed by atoms with Crippen molar-refractivity contribution in [1.29, 1.82) is 0 Å². The molecule has 1 amide bonds. The molecule has 0 fully saturated rings. The first kappa shape index (κ1) is 62.0. The van der Waals surface area contributed by atoms with Crippen LogP contribution in [0, 0.1) is 0 Å². The Morgan fingerprint density at radius 3 is 1.34 bits per heavy atom. The van der Waals surface area contributed by atoms with Gasteiger partial charge in [0, 0.05) is 6.42 Å². The van der Waals surface area contributed by atoms with Crippen molar-refractivity contribution in [2.75, 3.05) is 6.61 Å². The Bertz CT molecular complexity index is 1250. The largest absolute Gasteiger partial charge is 0.458 e. The molecule has 0 heterocycles. The van der Waals surface area contributed by atoms with Crippen molar-refractivity contribution in [2.45, 2.75) is 270 Å². The first-order chi connectivity index (χ1) is 32.0. The zero-order valence-electron chi connectivity index (χ0n) is 42.6. The monoisotopic (exact) mass is 906 g/mol. The van der Waals surface area contributed by atoms with Crippen LogP contribution in [0.2, 0.25) is 0 Å². The molecule has 0 radical (unpaired) electrons. The summed E-state index contributed by atoms with van der Waals surface area (Å²) < 4.78 is 5.83. The van der Waals surface area contributed by atoms with Gasteiger partial charge in [-0.3, -0.25) is 9.59 Å². The molecule has 0 spiro atoms. The third kappa shape index (κ3) is 47.3. The normalized spacial score (nSPS) is 13.9. The Hall–Kier alpha value is -2.96. The van der Waals surface area contributed by atoms with E-state index in [0.29, 0.717) is 19.3 Å². The third-order valence-electron chi connectivity index (χ3n) is 12.0. The van der Waals surface area contributed by atoms with Gasteiger partial charge in [0.25, 0.3) is 0 Å². The molecule has 0 aromatic carbocycles. The lowest BCUT2D eigenvalue weighted by atomic mass is 10.0. The lowest BCUT2D eigenvalue weighted by Gasteiger charge is -2.23. The number of hydrogen-bond acceptors (Lipinski definition) is 5. The van der Waals surface area contributed by atoms with Crippen LogP contribution in [-0.2, 0) is 14.3 Å². The molecule has 0 aliphatic rings. The van der Waals surface area contributed by atoms with Gasteiger partial charge in [-0.25, -0.2) is 0 Å². The molecule has 0 saturated carbocycles. The quantitative estimate of drug-likeness (QED) is 0.0321. The summed E-state index contributed by atoms with van der Waals surface area (Å²) in [5.41, 5.74) is 0. The van der Waals surface area contributed by atoms with E-state index in [1.54, 1.807) is 6.08 Å². The maximum absolute atomic E-state index is 13.2. The highest BCUT2D eigenvalue weighted by atomic mass is 16.5. The number of amides is 1. The maximum atomic E-state index is 13.2. The van der Waals surface area contributed by atoms with E-state index in [-0.39, 0.29) is 24.9 Å². The molecule has 0 aliphatic heterocycles. The molecule has 3 N–H and O–H groups in total. The molecular weight excluding hydrogens is 803 g/mol. The average Bonchev–Trinajstić information content (AvgIpc) is 3.30. The summed E-state index contributed by atoms with van der Waals surface area (Å²) in [4.78, 5) is 26.1. The number of hydrogen-bond donors (Lipinski definition) is 3. The molecule has 6 heteroatoms. The number of carbonyl (C=O) groups is 2. The fraction of sp³-hybridized carbons (Fsp3) is 0.729. The molecule has 3 atom stereocenters. The molecule has 3 unspecified atom stereocenters. The van der Waals surface area contributed by atoms with Crippen molar-refractivity contribution in [2.24, 2.45) is 0 Å². The van der Waals surface area contributed by atoms with E-state index in [4.69, 9.17) is 4.74 Å². The number of esters is 1. The lowest BCUT2D eigenvalue weighted by molar-refractivity contribution is -0.148. The summed E-state index contributed by atoms with van der Waals surface area (Å²) in [6.07, 6.45) is 68.2. The van der Waals surface area contributed by atoms with Crippen LogP contribution in [0.3, 0.4) is 0 Å². The van der Waals surface area contributed by atoms with E-state index in [2.05, 4.69) is 99.0 Å². The highest BCUT2D eigenvalue weighted by Crippen LogP contribution is 2.16. The zero-order valence-corrected chi connectivity index (χ0v) is 42.6. The minimum Gasteiger partial charge on any atom is -0.458 e. The van der Waals surface area contributed by atoms with Gasteiger partial charge in [0.05, 0.1) is 25.2 Å². The van der Waals surface area contributed by atoms with Crippen molar-refractivity contribution < 1.29 is 24.5 Å². The molecule has 65 heavy (non-hydrogen) atoms. The third-order valence-corrected chi connectivity index (χ3v) is 12.0. The van der Waals surface area contributed by atoms with Gasteiger partial charge < -0.3 is 20.3 Å². The maximum Gasteiger partial charge on any atom is 0.306 e. The van der Waals surface area contributed by atoms with E-state index in [0.717, 1.165) is 70.6 Å². The second-order valence-electron chi connectivity index (χ2n) is 18.2. The number of rotatable bonds is 48. The molecule has 6 nitrogen and oxygen atoms in total. The molecule has 0 bridgehead atoms. The Kier molecular flexibility index (Phi) is 49.6. The van der Waals surface area contributed by atoms with Gasteiger partial charge in [0.1, 0.15) is 6.10 Å². The van der Waals surface area contributed by atoms with Crippen LogP contribution in [-0.4, -0.2) is 46.9 Å². The predicted molar refractivity (Wildman–Crippen MR) is 282 cm³/mol. The number of unbranched alkanes of at least 4 members (excludes halogenated alkanes) is 24. The Labute approximate surface area is 402 Å². The van der Waals surface area contributed by atoms with Crippen molar-refractivity contribution >= 4 is 11.9 Å². The van der Waals surface area contributed by atoms with Crippen molar-refractivity contribution in [1.82, 2.24) is 5.32 Å². The summed E-state index contributed by atoms with van der Waals surface area (Å²) in [6, 6.07) is -0.746. The van der Waals surface area contributed by atoms with Crippen LogP contribution < -0.4 is 5.32 Å². The first-order valence-electron chi connectivity index (χ1n) is 27.3. The first-order valence-corrected chi connectivity index (χ1v) is 27.3. The van der Waals surface area contributed by atoms with Crippen molar-refractivity contribution in [3.63, 3.8) is 0 Å². The fourth-order valence-electron chi connectivity index (χ4n) is 7.83. The van der Waals surface area contributed by atoms with Crippen LogP contribution in [0.15, 0.2) is 85.1 Å². The molecule has 374 valence electrons. The second kappa shape index (κ2) is 52.0. The number of ether oxygens (including phenoxy) is 1. The summed E-state index contributed by atoms with van der Waals surface area (Å²) >= 11 is 0. The van der Waals surface area contributed by atoms with Crippen LogP contribution in [0.1, 0.15) is 252 Å². The molecular formula is C59H103NO5. The van der Waals surface area contributed by atoms with E-state index in [1.807, 2.05) is 6.08 Å². The van der Waals surface area contributed by atoms with Gasteiger partial charge in [-0.2, -0.15) is 0 Å². The Morgan fingerprint density at radius 1 is 0.477 bits per heavy atom. The minimum atomic E-state index is -0.823. The van der Waals surface area contributed by atoms with Gasteiger partial charge in [0.2, 0.25) is 5.91 Å². The van der Waals surface area contributed by atoms with Crippen LogP contribution in [0.4, 0.5) is 0 Å². The van der Waals surface area contributed by atoms with Gasteiger partial charge in [-0.15, -0.1) is 0 Å². The van der Waals surface area contributed by atoms with E-state index in [9.17, 15) is 19.8 Å². The van der Waals surface area contributed by atoms with E-state index in [1.165, 1.54) is 135 Å². The van der Waals surface area contributed by atoms with Crippen LogP contribution in [0.5, 0.6) is 0 Å². The average molecular weight is 906 g/mol. The van der Waals surface area contributed by atoms with Crippen LogP contribution >= 0.6 is 0 Å². The van der Waals surface area contributed by atoms with Gasteiger partial charge in [-0.1, -0.05) is 241 Å². The molecule has 0 aliphatic carbocycles. The SMILES string of the molecule is CC/C=C/C/C=C/C/C=C/C/C=C/C/C=C/C(CC(=O)NC(CO)C(O)CCCCCCCCCCCCCCC)OC(=O)CCCCCCCCCCC/C=C\C/C=C\CCCCC. The topological polar surface area (TPSA) is 95.9 Å². The highest BCUT2D eigenvalue weighted by molar-refractivity contribution is 5.78. The summed E-state index contributed by atoms with van der Waals surface area (Å²) in [5, 5.41) is 23.7. The number of carbonyl (C=O) groups excluding carboxylic acids is 2. The second-order valence-corrected chi connectivity index (χ2v) is 18.2. The van der Waals surface area contributed by atoms with Crippen LogP contribution in [0.25, 0.3) is 0 Å². The predicted octanol–water partition coefficient (Wildman–Crippen LogP) is 16.7. The van der Waals surface area contributed by atoms with E-state index < -0.39 is 18.2 Å². The summed E-state index contributed by atoms with van der Waals surface area (Å²) in [6.45, 7) is 6.31. The molecule has 0 rings (SSSR count). The number of aliphatic hydroxyl groups excluding tert-OH is 2. The lowest BCUT2D eigenvalue weighted by Crippen LogP contribution is -2.46. The van der Waals surface area contributed by atoms with Crippen molar-refractivity contribution in [3.05, 3.63) is 85.1 Å². The fourth-order valence-corrected chi connectivity index (χ4v) is 7.83. The highest BCUT2D eigenvalue weighted by Gasteiger charge is 2.23. The number of nitrogens with one attached hydrogen (secondary N) is 1. The van der Waals surface area contributed by atoms with Gasteiger partial charge in [0.15, 0.2) is 0 Å². The summed E-state index contributed by atoms with van der Waals surface area (Å²) in [5.74, 6) is -0.633. The molecule has 0 saturated heterocycles. The Balaban J connectivity index is 4.67. The molecule has 0 aromatic rings. The van der Waals surface area contributed by atoms with E-state index >= 15 is 0 Å². The smallest absolute Gasteiger partial charge is 0.306 e. The summed E-state index contributed by atoms with van der Waals surface area (Å²) in [7, 11) is 0. The molecule has 0 aromatic heterocycles. The number of allylic oxidation sites excluding steroid dienone is 13. The van der Waals surface area contributed by atoms with Gasteiger partial charge in [-0.05, 0) is 83.1 Å². The van der Waals surface area contributed by atoms with Gasteiger partial charge >= 0.3 is 5.97 Å². The van der Waals surface area contributed by atoms with Crippen molar-refractivity contribution in [3.8, 4) is 0 Å².